The molecule has 1 aromatic heterocycles. The molecule has 0 radical (unpaired) electrons. The second-order valence-electron chi connectivity index (χ2n) is 4.75. The molecule has 0 aliphatic carbocycles. The number of halogens is 1. The Labute approximate surface area is 138 Å². The molecule has 0 unspecified atom stereocenters. The zero-order chi connectivity index (χ0) is 16.8. The smallest absolute Gasteiger partial charge is 0.253 e. The highest BCUT2D eigenvalue weighted by Crippen LogP contribution is 2.15. The highest BCUT2D eigenvalue weighted by molar-refractivity contribution is 6.33. The number of benzene rings is 1. The monoisotopic (exact) mass is 333 g/mol. The first kappa shape index (κ1) is 16.8. The number of aromatic nitrogens is 1. The number of nitrogens with one attached hydrogen (secondary N) is 2. The molecule has 2 aromatic rings. The number of methoxy groups -OCH3 is 1. The SMILES string of the molecule is COc1ccc(NC(=O)[C@H](C)NC(=O)c2ccccc2Cl)cn1. The van der Waals surface area contributed by atoms with E-state index >= 15 is 0 Å². The van der Waals surface area contributed by atoms with Gasteiger partial charge in [-0.15, -0.1) is 0 Å². The van der Waals surface area contributed by atoms with Crippen molar-refractivity contribution in [2.24, 2.45) is 0 Å². The van der Waals surface area contributed by atoms with Crippen molar-refractivity contribution >= 4 is 29.1 Å². The Kier molecular flexibility index (Phi) is 5.54. The number of carbonyl (C=O) groups excluding carboxylic acids is 2. The molecule has 0 spiro atoms. The van der Waals surface area contributed by atoms with Crippen LogP contribution >= 0.6 is 11.6 Å². The molecule has 0 fully saturated rings. The Morgan fingerprint density at radius 1 is 1.22 bits per heavy atom. The van der Waals surface area contributed by atoms with Crippen LogP contribution in [-0.2, 0) is 4.79 Å². The van der Waals surface area contributed by atoms with E-state index in [1.807, 2.05) is 0 Å². The minimum Gasteiger partial charge on any atom is -0.481 e. The van der Waals surface area contributed by atoms with Gasteiger partial charge in [0.15, 0.2) is 0 Å². The normalized spacial score (nSPS) is 11.4. The van der Waals surface area contributed by atoms with Crippen molar-refractivity contribution < 1.29 is 14.3 Å². The van der Waals surface area contributed by atoms with Crippen molar-refractivity contribution in [2.75, 3.05) is 12.4 Å². The van der Waals surface area contributed by atoms with Crippen LogP contribution < -0.4 is 15.4 Å². The first-order valence-corrected chi connectivity index (χ1v) is 7.25. The molecular formula is C16H16ClN3O3. The van der Waals surface area contributed by atoms with Crippen molar-refractivity contribution in [3.05, 3.63) is 53.2 Å². The van der Waals surface area contributed by atoms with Gasteiger partial charge < -0.3 is 15.4 Å². The lowest BCUT2D eigenvalue weighted by molar-refractivity contribution is -0.117. The number of rotatable bonds is 5. The van der Waals surface area contributed by atoms with Gasteiger partial charge in [0.2, 0.25) is 11.8 Å². The molecule has 2 amide bonds. The average molecular weight is 334 g/mol. The van der Waals surface area contributed by atoms with E-state index in [-0.39, 0.29) is 5.91 Å². The fourth-order valence-corrected chi connectivity index (χ4v) is 2.03. The lowest BCUT2D eigenvalue weighted by Gasteiger charge is -2.14. The Balaban J connectivity index is 1.96. The molecule has 0 saturated carbocycles. The highest BCUT2D eigenvalue weighted by Gasteiger charge is 2.18. The zero-order valence-corrected chi connectivity index (χ0v) is 13.4. The van der Waals surface area contributed by atoms with E-state index in [4.69, 9.17) is 16.3 Å². The molecule has 0 aliphatic rings. The van der Waals surface area contributed by atoms with Gasteiger partial charge in [0.25, 0.3) is 5.91 Å². The van der Waals surface area contributed by atoms with Crippen molar-refractivity contribution in [3.63, 3.8) is 0 Å². The average Bonchev–Trinajstić information content (AvgIpc) is 2.55. The third kappa shape index (κ3) is 4.43. The number of nitrogens with zero attached hydrogens (tertiary/aromatic N) is 1. The maximum atomic E-state index is 12.1. The van der Waals surface area contributed by atoms with Crippen LogP contribution in [0.1, 0.15) is 17.3 Å². The molecule has 1 heterocycles. The second kappa shape index (κ2) is 7.60. The maximum Gasteiger partial charge on any atom is 0.253 e. The molecule has 0 bridgehead atoms. The van der Waals surface area contributed by atoms with Gasteiger partial charge in [-0.25, -0.2) is 4.98 Å². The largest absolute Gasteiger partial charge is 0.481 e. The summed E-state index contributed by atoms with van der Waals surface area (Å²) in [5.74, 6) is -0.327. The number of anilines is 1. The Morgan fingerprint density at radius 2 is 1.96 bits per heavy atom. The number of ether oxygens (including phenoxy) is 1. The van der Waals surface area contributed by atoms with E-state index in [0.717, 1.165) is 0 Å². The summed E-state index contributed by atoms with van der Waals surface area (Å²) in [5.41, 5.74) is 0.828. The number of amides is 2. The second-order valence-corrected chi connectivity index (χ2v) is 5.16. The van der Waals surface area contributed by atoms with Crippen molar-refractivity contribution in [1.82, 2.24) is 10.3 Å². The zero-order valence-electron chi connectivity index (χ0n) is 12.7. The van der Waals surface area contributed by atoms with E-state index < -0.39 is 11.9 Å². The van der Waals surface area contributed by atoms with Gasteiger partial charge in [0, 0.05) is 6.07 Å². The minimum absolute atomic E-state index is 0.319. The number of hydrogen-bond acceptors (Lipinski definition) is 4. The van der Waals surface area contributed by atoms with Gasteiger partial charge in [0.1, 0.15) is 6.04 Å². The van der Waals surface area contributed by atoms with Gasteiger partial charge >= 0.3 is 0 Å². The molecule has 2 N–H and O–H groups in total. The Morgan fingerprint density at radius 3 is 2.57 bits per heavy atom. The minimum atomic E-state index is -0.735. The van der Waals surface area contributed by atoms with Crippen LogP contribution in [0.5, 0.6) is 5.88 Å². The Bertz CT molecular complexity index is 704. The topological polar surface area (TPSA) is 80.3 Å². The summed E-state index contributed by atoms with van der Waals surface area (Å²) in [6, 6.07) is 9.19. The van der Waals surface area contributed by atoms with Gasteiger partial charge in [-0.1, -0.05) is 23.7 Å². The summed E-state index contributed by atoms with van der Waals surface area (Å²) < 4.78 is 4.94. The van der Waals surface area contributed by atoms with Crippen molar-refractivity contribution in [2.45, 2.75) is 13.0 Å². The van der Waals surface area contributed by atoms with Crippen LogP contribution in [0.4, 0.5) is 5.69 Å². The molecule has 120 valence electrons. The lowest BCUT2D eigenvalue weighted by Crippen LogP contribution is -2.41. The standard InChI is InChI=1S/C16H16ClN3O3/c1-10(19-16(22)12-5-3-4-6-13(12)17)15(21)20-11-7-8-14(23-2)18-9-11/h3-10H,1-2H3,(H,19,22)(H,20,21)/t10-/m0/s1. The highest BCUT2D eigenvalue weighted by atomic mass is 35.5. The predicted octanol–water partition coefficient (Wildman–Crippen LogP) is 2.50. The third-order valence-electron chi connectivity index (χ3n) is 3.07. The van der Waals surface area contributed by atoms with E-state index in [1.165, 1.54) is 13.3 Å². The number of pyridine rings is 1. The quantitative estimate of drug-likeness (QED) is 0.881. The molecule has 7 heteroatoms. The van der Waals surface area contributed by atoms with Crippen LogP contribution in [-0.4, -0.2) is 29.9 Å². The van der Waals surface area contributed by atoms with Crippen LogP contribution in [0, 0.1) is 0 Å². The van der Waals surface area contributed by atoms with E-state index in [2.05, 4.69) is 15.6 Å². The van der Waals surface area contributed by atoms with E-state index in [0.29, 0.717) is 22.2 Å². The fourth-order valence-electron chi connectivity index (χ4n) is 1.81. The molecule has 0 saturated heterocycles. The van der Waals surface area contributed by atoms with Gasteiger partial charge in [0.05, 0.1) is 29.6 Å². The maximum absolute atomic E-state index is 12.1. The van der Waals surface area contributed by atoms with Crippen LogP contribution in [0.3, 0.4) is 0 Å². The fraction of sp³-hybridized carbons (Fsp3) is 0.188. The molecular weight excluding hydrogens is 318 g/mol. The number of hydrogen-bond donors (Lipinski definition) is 2. The molecule has 2 rings (SSSR count). The predicted molar refractivity (Wildman–Crippen MR) is 87.8 cm³/mol. The summed E-state index contributed by atoms with van der Waals surface area (Å²) >= 11 is 5.96. The summed E-state index contributed by atoms with van der Waals surface area (Å²) in [7, 11) is 1.51. The van der Waals surface area contributed by atoms with Gasteiger partial charge in [-0.05, 0) is 25.1 Å². The molecule has 1 atom stereocenters. The van der Waals surface area contributed by atoms with Crippen LogP contribution in [0.2, 0.25) is 5.02 Å². The third-order valence-corrected chi connectivity index (χ3v) is 3.40. The molecule has 6 nitrogen and oxygen atoms in total. The summed E-state index contributed by atoms with van der Waals surface area (Å²) in [4.78, 5) is 28.2. The Hall–Kier alpha value is -2.60. The van der Waals surface area contributed by atoms with Gasteiger partial charge in [-0.3, -0.25) is 9.59 Å². The lowest BCUT2D eigenvalue weighted by atomic mass is 10.2. The first-order valence-electron chi connectivity index (χ1n) is 6.87. The summed E-state index contributed by atoms with van der Waals surface area (Å²) in [6.07, 6.45) is 1.47. The van der Waals surface area contributed by atoms with E-state index in [9.17, 15) is 9.59 Å². The summed E-state index contributed by atoms with van der Waals surface area (Å²) in [6.45, 7) is 1.58. The first-order chi connectivity index (χ1) is 11.0. The molecule has 23 heavy (non-hydrogen) atoms. The van der Waals surface area contributed by atoms with Crippen molar-refractivity contribution in [1.29, 1.82) is 0 Å². The van der Waals surface area contributed by atoms with Crippen LogP contribution in [0.15, 0.2) is 42.6 Å². The van der Waals surface area contributed by atoms with Crippen molar-refractivity contribution in [3.8, 4) is 5.88 Å². The van der Waals surface area contributed by atoms with Crippen LogP contribution in [0.25, 0.3) is 0 Å². The molecule has 0 aliphatic heterocycles. The number of carbonyl (C=O) groups is 2. The summed E-state index contributed by atoms with van der Waals surface area (Å²) in [5, 5.41) is 5.59. The molecule has 1 aromatic carbocycles. The van der Waals surface area contributed by atoms with Gasteiger partial charge in [-0.2, -0.15) is 0 Å². The van der Waals surface area contributed by atoms with E-state index in [1.54, 1.807) is 43.3 Å².